The summed E-state index contributed by atoms with van der Waals surface area (Å²) in [6.45, 7) is 0. The molecule has 0 aliphatic carbocycles. The maximum absolute atomic E-state index is 8.25. The number of rotatable bonds is 0. The molecule has 0 saturated carbocycles. The van der Waals surface area contributed by atoms with Gasteiger partial charge >= 0.3 is 47.8 Å². The molecule has 0 aliphatic heterocycles. The Balaban J connectivity index is -0.0000000240. The Morgan fingerprint density at radius 3 is 0.206 bits per heavy atom. The van der Waals surface area contributed by atoms with Gasteiger partial charge in [-0.1, -0.05) is 0 Å². The van der Waals surface area contributed by atoms with Gasteiger partial charge in [0.05, 0.1) is 40.7 Å². The fourth-order valence-electron chi connectivity index (χ4n) is 0. The van der Waals surface area contributed by atoms with E-state index in [-0.39, 0.29) is 47.8 Å². The topological polar surface area (TPSA) is 530 Å². The maximum Gasteiger partial charge on any atom is 4.00 e. The molecule has 34 heteroatoms. The summed E-state index contributed by atoms with van der Waals surface area (Å²) in [5, 5.41) is 118. The Morgan fingerprint density at radius 1 is 0.206 bits per heavy atom. The zero-order valence-corrected chi connectivity index (χ0v) is 20.1. The molecule has 34 heavy (non-hydrogen) atoms. The average Bonchev–Trinajstić information content (AvgIpc) is 2.30. The van der Waals surface area contributed by atoms with Gasteiger partial charge in [0.2, 0.25) is 0 Å². The van der Waals surface area contributed by atoms with E-state index in [2.05, 4.69) is 0 Å². The summed E-state index contributed by atoms with van der Waals surface area (Å²) >= 11 is 0. The average molecular weight is 733 g/mol. The summed E-state index contributed by atoms with van der Waals surface area (Å²) in [5.74, 6) is 0. The fraction of sp³-hybridized carbons (Fsp3) is 0. The molecular formula is N8O24Sn2. The summed E-state index contributed by atoms with van der Waals surface area (Å²) in [5.41, 5.74) is 0. The minimum absolute atomic E-state index is 0. The van der Waals surface area contributed by atoms with E-state index in [4.69, 9.17) is 123 Å². The summed E-state index contributed by atoms with van der Waals surface area (Å²) in [6.07, 6.45) is 0. The van der Waals surface area contributed by atoms with Crippen molar-refractivity contribution < 1.29 is 40.7 Å². The second-order valence-corrected chi connectivity index (χ2v) is 1.79. The molecule has 0 saturated heterocycles. The number of hydrogen-bond donors (Lipinski definition) is 0. The second-order valence-electron chi connectivity index (χ2n) is 1.79. The van der Waals surface area contributed by atoms with E-state index < -0.39 is 40.7 Å². The van der Waals surface area contributed by atoms with Crippen LogP contribution in [-0.2, 0) is 0 Å². The smallest absolute Gasteiger partial charge is 0.356 e. The van der Waals surface area contributed by atoms with Gasteiger partial charge in [-0.25, -0.2) is 0 Å². The van der Waals surface area contributed by atoms with Crippen molar-refractivity contribution in [3.05, 3.63) is 123 Å². The standard InChI is InChI=1S/8NO3.2Sn/c8*2-1(3)4;;/q8*-1;2*+4. The minimum atomic E-state index is -1.75. The van der Waals surface area contributed by atoms with Crippen molar-refractivity contribution in [3.63, 3.8) is 0 Å². The third-order valence-electron chi connectivity index (χ3n) is 0. The van der Waals surface area contributed by atoms with E-state index >= 15 is 0 Å². The first kappa shape index (κ1) is 63.0. The van der Waals surface area contributed by atoms with Gasteiger partial charge in [-0.15, -0.1) is 0 Å². The first-order valence-corrected chi connectivity index (χ1v) is 4.38. The van der Waals surface area contributed by atoms with Crippen LogP contribution in [0.5, 0.6) is 0 Å². The van der Waals surface area contributed by atoms with Crippen LogP contribution in [-0.4, -0.2) is 88.5 Å². The SMILES string of the molecule is O=[N+]([O-])[O-].O=[N+]([O-])[O-].O=[N+]([O-])[O-].O=[N+]([O-])[O-].O=[N+]([O-])[O-].O=[N+]([O-])[O-].O=[N+]([O-])[O-].O=[N+]([O-])[O-].[Sn+4].[Sn+4]. The third-order valence-corrected chi connectivity index (χ3v) is 0. The summed E-state index contributed by atoms with van der Waals surface area (Å²) < 4.78 is 0. The Labute approximate surface area is 211 Å². The Kier molecular flexibility index (Phi) is 105. The van der Waals surface area contributed by atoms with E-state index in [0.717, 1.165) is 0 Å². The van der Waals surface area contributed by atoms with Crippen molar-refractivity contribution in [1.29, 1.82) is 0 Å². The van der Waals surface area contributed by atoms with Gasteiger partial charge in [0, 0.05) is 0 Å². The van der Waals surface area contributed by atoms with E-state index in [0.29, 0.717) is 0 Å². The second kappa shape index (κ2) is 56.6. The molecule has 0 bridgehead atoms. The predicted octanol–water partition coefficient (Wildman–Crippen LogP) is -2.67. The number of nitrogens with zero attached hydrogens (tertiary/aromatic N) is 8. The normalized spacial score (nSPS) is 5.65. The van der Waals surface area contributed by atoms with Gasteiger partial charge in [0.15, 0.2) is 0 Å². The molecule has 0 fully saturated rings. The molecular weight excluding hydrogens is 733 g/mol. The molecule has 0 spiro atoms. The molecule has 0 rings (SSSR count). The molecule has 0 radical (unpaired) electrons. The van der Waals surface area contributed by atoms with Crippen molar-refractivity contribution in [1.82, 2.24) is 0 Å². The van der Waals surface area contributed by atoms with Gasteiger partial charge in [0.1, 0.15) is 0 Å². The van der Waals surface area contributed by atoms with Crippen LogP contribution in [0.1, 0.15) is 0 Å². The third kappa shape index (κ3) is 809. The van der Waals surface area contributed by atoms with Crippen LogP contribution in [0.15, 0.2) is 0 Å². The Bertz CT molecular complexity index is 365. The largest absolute Gasteiger partial charge is 4.00 e. The zero-order chi connectivity index (χ0) is 28.6. The molecule has 0 aromatic rings. The van der Waals surface area contributed by atoms with Crippen molar-refractivity contribution in [2.75, 3.05) is 0 Å². The van der Waals surface area contributed by atoms with Crippen molar-refractivity contribution in [2.24, 2.45) is 0 Å². The monoisotopic (exact) mass is 736 g/mol. The van der Waals surface area contributed by atoms with E-state index in [9.17, 15) is 0 Å². The van der Waals surface area contributed by atoms with Crippen LogP contribution < -0.4 is 0 Å². The first-order valence-electron chi connectivity index (χ1n) is 4.38. The molecule has 0 aromatic heterocycles. The molecule has 32 nitrogen and oxygen atoms in total. The predicted molar refractivity (Wildman–Crippen MR) is 94.4 cm³/mol. The summed E-state index contributed by atoms with van der Waals surface area (Å²) in [4.78, 5) is 66.0. The van der Waals surface area contributed by atoms with Crippen LogP contribution in [0.4, 0.5) is 0 Å². The van der Waals surface area contributed by atoms with Crippen LogP contribution in [0.2, 0.25) is 0 Å². The Hall–Kier alpha value is -4.80. The number of hydrogen-bond acceptors (Lipinski definition) is 24. The molecule has 0 aliphatic rings. The minimum Gasteiger partial charge on any atom is -0.356 e. The summed E-state index contributed by atoms with van der Waals surface area (Å²) in [7, 11) is 0. The molecule has 0 N–H and O–H groups in total. The molecule has 0 amide bonds. The van der Waals surface area contributed by atoms with Crippen LogP contribution in [0.25, 0.3) is 0 Å². The zero-order valence-electron chi connectivity index (χ0n) is 14.4. The van der Waals surface area contributed by atoms with E-state index in [1.165, 1.54) is 0 Å². The van der Waals surface area contributed by atoms with Gasteiger partial charge in [-0.2, -0.15) is 0 Å². The molecule has 192 valence electrons. The molecule has 0 atom stereocenters. The van der Waals surface area contributed by atoms with Crippen molar-refractivity contribution in [3.8, 4) is 0 Å². The molecule has 0 unspecified atom stereocenters. The van der Waals surface area contributed by atoms with E-state index in [1.807, 2.05) is 0 Å². The van der Waals surface area contributed by atoms with Gasteiger partial charge in [-0.3, -0.25) is 0 Å². The van der Waals surface area contributed by atoms with Crippen LogP contribution in [0, 0.1) is 123 Å². The summed E-state index contributed by atoms with van der Waals surface area (Å²) in [6, 6.07) is 0. The van der Waals surface area contributed by atoms with Crippen LogP contribution >= 0.6 is 0 Å². The molecule has 0 aromatic carbocycles. The van der Waals surface area contributed by atoms with Crippen LogP contribution in [0.3, 0.4) is 0 Å². The fourth-order valence-corrected chi connectivity index (χ4v) is 0. The van der Waals surface area contributed by atoms with Crippen molar-refractivity contribution in [2.45, 2.75) is 0 Å². The van der Waals surface area contributed by atoms with Gasteiger partial charge < -0.3 is 123 Å². The first-order chi connectivity index (χ1) is 13.9. The van der Waals surface area contributed by atoms with Gasteiger partial charge in [-0.05, 0) is 0 Å². The molecule has 0 heterocycles. The maximum atomic E-state index is 8.25. The van der Waals surface area contributed by atoms with Crippen molar-refractivity contribution >= 4 is 47.8 Å². The van der Waals surface area contributed by atoms with E-state index in [1.54, 1.807) is 0 Å². The quantitative estimate of drug-likeness (QED) is 0.139. The van der Waals surface area contributed by atoms with Gasteiger partial charge in [0.25, 0.3) is 0 Å². The Morgan fingerprint density at radius 2 is 0.206 bits per heavy atom.